The maximum Gasteiger partial charge on any atom is 0.159 e. The predicted octanol–water partition coefficient (Wildman–Crippen LogP) is 18.5. The lowest BCUT2D eigenvalue weighted by Gasteiger charge is -2.30. The Morgan fingerprint density at radius 1 is 0.369 bits per heavy atom. The molecule has 0 bridgehead atoms. The van der Waals surface area contributed by atoms with E-state index in [-0.39, 0.29) is 16.2 Å². The van der Waals surface area contributed by atoms with Crippen LogP contribution in [0.3, 0.4) is 0 Å². The second kappa shape index (κ2) is 14.6. The first-order valence-corrected chi connectivity index (χ1v) is 23.2. The number of furan rings is 1. The number of aryl methyl sites for hydroxylation is 1. The molecule has 65 heavy (non-hydrogen) atoms. The van der Waals surface area contributed by atoms with Crippen molar-refractivity contribution in [2.45, 2.75) is 85.5 Å². The number of fused-ring (bicyclic) bond motifs is 9. The average molecular weight is 844 g/mol. The molecule has 10 aromatic rings. The lowest BCUT2D eigenvalue weighted by Crippen LogP contribution is -2.15. The molecule has 1 heterocycles. The van der Waals surface area contributed by atoms with E-state index in [2.05, 4.69) is 232 Å². The van der Waals surface area contributed by atoms with Crippen LogP contribution >= 0.6 is 0 Å². The van der Waals surface area contributed by atoms with Crippen LogP contribution in [0.15, 0.2) is 168 Å². The van der Waals surface area contributed by atoms with E-state index >= 15 is 0 Å². The molecule has 0 unspecified atom stereocenters. The van der Waals surface area contributed by atoms with Crippen molar-refractivity contribution < 1.29 is 4.42 Å². The van der Waals surface area contributed by atoms with E-state index in [0.717, 1.165) is 39.0 Å². The van der Waals surface area contributed by atoms with Crippen molar-refractivity contribution >= 4 is 60.5 Å². The highest BCUT2D eigenvalue weighted by molar-refractivity contribution is 6.14. The minimum absolute atomic E-state index is 0.0142. The van der Waals surface area contributed by atoms with Gasteiger partial charge in [0, 0.05) is 22.1 Å². The molecular formula is C63H57NO. The Kier molecular flexibility index (Phi) is 9.15. The summed E-state index contributed by atoms with van der Waals surface area (Å²) >= 11 is 0. The molecule has 9 aromatic carbocycles. The van der Waals surface area contributed by atoms with Crippen molar-refractivity contribution in [3.8, 4) is 44.5 Å². The Bertz CT molecular complexity index is 3520. The van der Waals surface area contributed by atoms with E-state index in [1.54, 1.807) is 0 Å². The third kappa shape index (κ3) is 6.94. The van der Waals surface area contributed by atoms with Crippen molar-refractivity contribution in [3.63, 3.8) is 0 Å². The quantitative estimate of drug-likeness (QED) is 0.172. The van der Waals surface area contributed by atoms with E-state index in [1.165, 1.54) is 88.3 Å². The minimum atomic E-state index is -0.0142. The maximum absolute atomic E-state index is 6.71. The number of nitrogens with zero attached hydrogens (tertiary/aromatic N) is 1. The molecule has 0 radical (unpaired) electrons. The molecule has 0 aliphatic heterocycles. The zero-order valence-corrected chi connectivity index (χ0v) is 39.4. The molecule has 0 amide bonds. The summed E-state index contributed by atoms with van der Waals surface area (Å²) in [5.41, 5.74) is 20.7. The Labute approximate surface area is 384 Å². The van der Waals surface area contributed by atoms with Gasteiger partial charge in [0.05, 0.1) is 5.69 Å². The summed E-state index contributed by atoms with van der Waals surface area (Å²) in [5, 5.41) is 7.21. The van der Waals surface area contributed by atoms with Crippen molar-refractivity contribution in [3.05, 3.63) is 186 Å². The molecule has 320 valence electrons. The van der Waals surface area contributed by atoms with Gasteiger partial charge in [0.2, 0.25) is 0 Å². The van der Waals surface area contributed by atoms with E-state index in [9.17, 15) is 0 Å². The minimum Gasteiger partial charge on any atom is -0.454 e. The van der Waals surface area contributed by atoms with Gasteiger partial charge in [0.1, 0.15) is 5.58 Å². The van der Waals surface area contributed by atoms with Gasteiger partial charge in [0.15, 0.2) is 5.58 Å². The van der Waals surface area contributed by atoms with Crippen LogP contribution in [0.25, 0.3) is 88.0 Å². The van der Waals surface area contributed by atoms with E-state index in [1.807, 2.05) is 6.07 Å². The summed E-state index contributed by atoms with van der Waals surface area (Å²) in [6, 6.07) is 61.8. The van der Waals surface area contributed by atoms with E-state index in [4.69, 9.17) is 4.42 Å². The average Bonchev–Trinajstić information content (AvgIpc) is 3.67. The van der Waals surface area contributed by atoms with Gasteiger partial charge >= 0.3 is 0 Å². The fourth-order valence-electron chi connectivity index (χ4n) is 10.0. The molecule has 0 saturated carbocycles. The van der Waals surface area contributed by atoms with Gasteiger partial charge < -0.3 is 9.32 Å². The number of hydrogen-bond donors (Lipinski definition) is 0. The molecule has 1 aliphatic rings. The van der Waals surface area contributed by atoms with Gasteiger partial charge in [-0.3, -0.25) is 0 Å². The summed E-state index contributed by atoms with van der Waals surface area (Å²) in [6.07, 6.45) is 0. The zero-order chi connectivity index (χ0) is 45.2. The van der Waals surface area contributed by atoms with Crippen molar-refractivity contribution in [1.82, 2.24) is 0 Å². The third-order valence-corrected chi connectivity index (χ3v) is 14.0. The van der Waals surface area contributed by atoms with Gasteiger partial charge in [-0.2, -0.15) is 0 Å². The highest BCUT2D eigenvalue weighted by Gasteiger charge is 2.27. The number of para-hydroxylation sites is 2. The van der Waals surface area contributed by atoms with Crippen molar-refractivity contribution in [2.24, 2.45) is 0 Å². The number of anilines is 3. The normalized spacial score (nSPS) is 12.8. The topological polar surface area (TPSA) is 16.4 Å². The van der Waals surface area contributed by atoms with Crippen LogP contribution < -0.4 is 4.90 Å². The van der Waals surface area contributed by atoms with Gasteiger partial charge in [-0.05, 0) is 178 Å². The molecule has 1 aromatic heterocycles. The van der Waals surface area contributed by atoms with Gasteiger partial charge in [-0.15, -0.1) is 0 Å². The van der Waals surface area contributed by atoms with Gasteiger partial charge in [0.25, 0.3) is 0 Å². The SMILES string of the molecule is Cc1ccc(C(C)(C)C)cc1N(c1ccc2cc3c(cc2c1)-c1cc2cc(-c4ccc(C(C)(C)C)cc4)c(-c4ccc(C(C)(C)C)cc4)cc2cc1-3)c1cccc2c1oc1ccccc12. The summed E-state index contributed by atoms with van der Waals surface area (Å²) in [6.45, 7) is 22.8. The van der Waals surface area contributed by atoms with Crippen LogP contribution in [-0.2, 0) is 16.2 Å². The smallest absolute Gasteiger partial charge is 0.159 e. The number of benzene rings is 9. The van der Waals surface area contributed by atoms with Crippen LogP contribution in [0, 0.1) is 6.92 Å². The van der Waals surface area contributed by atoms with Crippen molar-refractivity contribution in [1.29, 1.82) is 0 Å². The zero-order valence-electron chi connectivity index (χ0n) is 39.4. The molecule has 0 saturated heterocycles. The molecule has 11 rings (SSSR count). The Hall–Kier alpha value is -6.90. The summed E-state index contributed by atoms with van der Waals surface area (Å²) in [7, 11) is 0. The highest BCUT2D eigenvalue weighted by atomic mass is 16.3. The molecule has 2 nitrogen and oxygen atoms in total. The lowest BCUT2D eigenvalue weighted by molar-refractivity contribution is 0.590. The molecule has 0 atom stereocenters. The van der Waals surface area contributed by atoms with Gasteiger partial charge in [-0.1, -0.05) is 159 Å². The number of rotatable bonds is 5. The van der Waals surface area contributed by atoms with E-state index in [0.29, 0.717) is 0 Å². The summed E-state index contributed by atoms with van der Waals surface area (Å²) in [5.74, 6) is 0. The molecular weight excluding hydrogens is 787 g/mol. The molecule has 0 N–H and O–H groups in total. The first-order valence-electron chi connectivity index (χ1n) is 23.2. The fraction of sp³-hybridized carbons (Fsp3) is 0.206. The standard InChI is InChI=1S/C63H57NO/c1-38-18-24-47(63(8,9)10)37-58(38)64(57-16-13-15-50-49-14-11-12-17-59(49)65-60(50)57)48-29-23-41-31-53-54(34-42(41)30-48)56-36-44-33-52(40-21-27-46(28-22-40)62(5,6)7)51(32-43(44)35-55(53)56)39-19-25-45(26-20-39)61(2,3)4/h11-37H,1-10H3. The van der Waals surface area contributed by atoms with Crippen molar-refractivity contribution in [2.75, 3.05) is 4.90 Å². The summed E-state index contributed by atoms with van der Waals surface area (Å²) in [4.78, 5) is 2.42. The second-order valence-corrected chi connectivity index (χ2v) is 21.6. The molecule has 1 aliphatic carbocycles. The second-order valence-electron chi connectivity index (χ2n) is 21.6. The molecule has 0 fully saturated rings. The molecule has 0 spiro atoms. The maximum atomic E-state index is 6.71. The van der Waals surface area contributed by atoms with Crippen LogP contribution in [-0.4, -0.2) is 0 Å². The van der Waals surface area contributed by atoms with Crippen LogP contribution in [0.1, 0.15) is 84.6 Å². The molecule has 2 heteroatoms. The van der Waals surface area contributed by atoms with Crippen LogP contribution in [0.5, 0.6) is 0 Å². The summed E-state index contributed by atoms with van der Waals surface area (Å²) < 4.78 is 6.71. The monoisotopic (exact) mass is 843 g/mol. The Balaban J connectivity index is 1.05. The number of hydrogen-bond acceptors (Lipinski definition) is 2. The Morgan fingerprint density at radius 3 is 1.40 bits per heavy atom. The van der Waals surface area contributed by atoms with Gasteiger partial charge in [-0.25, -0.2) is 0 Å². The first kappa shape index (κ1) is 40.8. The first-order chi connectivity index (χ1) is 31.0. The Morgan fingerprint density at radius 2 is 0.846 bits per heavy atom. The highest BCUT2D eigenvalue weighted by Crippen LogP contribution is 2.52. The third-order valence-electron chi connectivity index (χ3n) is 14.0. The van der Waals surface area contributed by atoms with E-state index < -0.39 is 0 Å². The van der Waals surface area contributed by atoms with Crippen LogP contribution in [0.2, 0.25) is 0 Å². The van der Waals surface area contributed by atoms with Crippen LogP contribution in [0.4, 0.5) is 17.1 Å². The largest absolute Gasteiger partial charge is 0.454 e. The lowest BCUT2D eigenvalue weighted by atomic mass is 9.77. The fourth-order valence-corrected chi connectivity index (χ4v) is 10.0. The predicted molar refractivity (Wildman–Crippen MR) is 280 cm³/mol.